The van der Waals surface area contributed by atoms with E-state index < -0.39 is 0 Å². The van der Waals surface area contributed by atoms with Crippen LogP contribution in [0.25, 0.3) is 5.57 Å². The summed E-state index contributed by atoms with van der Waals surface area (Å²) >= 11 is 0. The van der Waals surface area contributed by atoms with Crippen molar-refractivity contribution in [2.75, 3.05) is 0 Å². The summed E-state index contributed by atoms with van der Waals surface area (Å²) in [7, 11) is 0. The van der Waals surface area contributed by atoms with E-state index in [4.69, 9.17) is 0 Å². The van der Waals surface area contributed by atoms with Crippen LogP contribution in [0.4, 0.5) is 0 Å². The summed E-state index contributed by atoms with van der Waals surface area (Å²) in [4.78, 5) is 28.1. The summed E-state index contributed by atoms with van der Waals surface area (Å²) < 4.78 is 0. The largest absolute Gasteiger partial charge is 0.329 e. The van der Waals surface area contributed by atoms with Crippen LogP contribution in [0.5, 0.6) is 0 Å². The molecule has 1 heterocycles. The molecular formula is C29H30N2O2. The molecule has 33 heavy (non-hydrogen) atoms. The maximum atomic E-state index is 13.5. The number of nitrogens with one attached hydrogen (secondary N) is 1. The molecule has 0 saturated carbocycles. The fourth-order valence-corrected chi connectivity index (χ4v) is 4.63. The fourth-order valence-electron chi connectivity index (χ4n) is 4.63. The predicted molar refractivity (Wildman–Crippen MR) is 132 cm³/mol. The molecule has 2 amide bonds. The Morgan fingerprint density at radius 2 is 1.33 bits per heavy atom. The molecule has 4 heteroatoms. The monoisotopic (exact) mass is 438 g/mol. The van der Waals surface area contributed by atoms with E-state index >= 15 is 0 Å². The van der Waals surface area contributed by atoms with E-state index in [2.05, 4.69) is 41.7 Å². The molecule has 168 valence electrons. The van der Waals surface area contributed by atoms with Crippen LogP contribution in [0.2, 0.25) is 0 Å². The lowest BCUT2D eigenvalue weighted by Gasteiger charge is -2.45. The van der Waals surface area contributed by atoms with Crippen LogP contribution in [0.3, 0.4) is 0 Å². The summed E-state index contributed by atoms with van der Waals surface area (Å²) in [6.45, 7) is 3.77. The van der Waals surface area contributed by atoms with E-state index in [0.717, 1.165) is 28.0 Å². The second kappa shape index (κ2) is 10.3. The Morgan fingerprint density at radius 3 is 1.88 bits per heavy atom. The number of hydrogen-bond donors (Lipinski definition) is 1. The van der Waals surface area contributed by atoms with Crippen LogP contribution in [0.1, 0.15) is 61.9 Å². The number of carbonyl (C=O) groups is 2. The molecule has 1 aliphatic heterocycles. The van der Waals surface area contributed by atoms with Gasteiger partial charge in [0.25, 0.3) is 0 Å². The van der Waals surface area contributed by atoms with Crippen LogP contribution >= 0.6 is 0 Å². The van der Waals surface area contributed by atoms with Crippen LogP contribution in [-0.4, -0.2) is 16.7 Å². The molecule has 0 spiro atoms. The lowest BCUT2D eigenvalue weighted by atomic mass is 9.81. The summed E-state index contributed by atoms with van der Waals surface area (Å²) in [5.41, 5.74) is 4.98. The van der Waals surface area contributed by atoms with Gasteiger partial charge in [0, 0.05) is 30.5 Å². The van der Waals surface area contributed by atoms with Crippen molar-refractivity contribution in [3.8, 4) is 0 Å². The van der Waals surface area contributed by atoms with Gasteiger partial charge in [-0.2, -0.15) is 0 Å². The van der Waals surface area contributed by atoms with Crippen molar-refractivity contribution in [3.63, 3.8) is 0 Å². The minimum absolute atomic E-state index is 0.0210. The van der Waals surface area contributed by atoms with Crippen molar-refractivity contribution in [3.05, 3.63) is 113 Å². The quantitative estimate of drug-likeness (QED) is 0.509. The lowest BCUT2D eigenvalue weighted by Crippen LogP contribution is -2.43. The van der Waals surface area contributed by atoms with Crippen LogP contribution in [0, 0.1) is 0 Å². The van der Waals surface area contributed by atoms with E-state index in [0.29, 0.717) is 19.3 Å². The van der Waals surface area contributed by atoms with Gasteiger partial charge in [0.05, 0.1) is 12.1 Å². The van der Waals surface area contributed by atoms with Gasteiger partial charge in [-0.25, -0.2) is 0 Å². The highest BCUT2D eigenvalue weighted by Crippen LogP contribution is 2.48. The van der Waals surface area contributed by atoms with E-state index in [1.165, 1.54) is 0 Å². The molecule has 1 N–H and O–H groups in total. The topological polar surface area (TPSA) is 49.4 Å². The summed E-state index contributed by atoms with van der Waals surface area (Å²) in [5.74, 6) is 0.0688. The molecule has 0 aliphatic carbocycles. The number of carbonyl (C=O) groups excluding carboxylic acids is 2. The van der Waals surface area contributed by atoms with Gasteiger partial charge in [0.1, 0.15) is 0 Å². The van der Waals surface area contributed by atoms with Crippen molar-refractivity contribution in [1.82, 2.24) is 10.2 Å². The number of benzene rings is 3. The SMILES string of the molecule is CCC(=O)NC1=C(c2ccccc2)C(c2ccccc2)N(C(=O)CC)C(c2ccccc2)C1. The minimum atomic E-state index is -0.313. The Labute approximate surface area is 195 Å². The first-order valence-corrected chi connectivity index (χ1v) is 11.6. The molecule has 4 nitrogen and oxygen atoms in total. The van der Waals surface area contributed by atoms with Crippen LogP contribution in [0.15, 0.2) is 96.7 Å². The molecule has 0 bridgehead atoms. The van der Waals surface area contributed by atoms with E-state index in [-0.39, 0.29) is 23.9 Å². The van der Waals surface area contributed by atoms with Gasteiger partial charge in [-0.05, 0) is 16.7 Å². The van der Waals surface area contributed by atoms with Gasteiger partial charge in [0.2, 0.25) is 11.8 Å². The third-order valence-corrected chi connectivity index (χ3v) is 6.20. The highest BCUT2D eigenvalue weighted by molar-refractivity contribution is 5.87. The normalized spacial score (nSPS) is 18.2. The molecule has 3 aromatic rings. The summed E-state index contributed by atoms with van der Waals surface area (Å²) in [6.07, 6.45) is 1.36. The Kier molecular flexibility index (Phi) is 7.04. The third-order valence-electron chi connectivity index (χ3n) is 6.20. The molecule has 0 saturated heterocycles. The molecule has 0 fully saturated rings. The van der Waals surface area contributed by atoms with Crippen molar-refractivity contribution in [1.29, 1.82) is 0 Å². The molecule has 1 aliphatic rings. The average molecular weight is 439 g/mol. The van der Waals surface area contributed by atoms with E-state index in [1.54, 1.807) is 0 Å². The molecule has 0 aromatic heterocycles. The number of amides is 2. The standard InChI is InChI=1S/C29H30N2O2/c1-3-26(32)30-24-20-25(21-14-8-5-9-15-21)31(27(33)4-2)29(23-18-12-7-13-19-23)28(24)22-16-10-6-11-17-22/h5-19,25,29H,3-4,20H2,1-2H3,(H,30,32). The highest BCUT2D eigenvalue weighted by atomic mass is 16.2. The highest BCUT2D eigenvalue weighted by Gasteiger charge is 2.40. The summed E-state index contributed by atoms with van der Waals surface area (Å²) in [6, 6.07) is 29.8. The lowest BCUT2D eigenvalue weighted by molar-refractivity contribution is -0.135. The van der Waals surface area contributed by atoms with Crippen molar-refractivity contribution in [2.45, 2.75) is 45.2 Å². The first-order chi connectivity index (χ1) is 16.1. The zero-order valence-electron chi connectivity index (χ0n) is 19.2. The van der Waals surface area contributed by atoms with Gasteiger partial charge < -0.3 is 10.2 Å². The van der Waals surface area contributed by atoms with Gasteiger partial charge in [-0.1, -0.05) is 105 Å². The zero-order valence-corrected chi connectivity index (χ0v) is 19.2. The third kappa shape index (κ3) is 4.75. The molecule has 2 atom stereocenters. The minimum Gasteiger partial charge on any atom is -0.329 e. The molecule has 4 rings (SSSR count). The Bertz CT molecular complexity index is 1120. The van der Waals surface area contributed by atoms with Gasteiger partial charge in [0.15, 0.2) is 0 Å². The van der Waals surface area contributed by atoms with E-state index in [9.17, 15) is 9.59 Å². The molecular weight excluding hydrogens is 408 g/mol. The Morgan fingerprint density at radius 1 is 0.788 bits per heavy atom. The van der Waals surface area contributed by atoms with E-state index in [1.807, 2.05) is 73.3 Å². The maximum absolute atomic E-state index is 13.5. The first kappa shape index (κ1) is 22.5. The molecule has 0 radical (unpaired) electrons. The molecule has 2 unspecified atom stereocenters. The summed E-state index contributed by atoms with van der Waals surface area (Å²) in [5, 5.41) is 3.20. The first-order valence-electron chi connectivity index (χ1n) is 11.6. The number of hydrogen-bond acceptors (Lipinski definition) is 2. The van der Waals surface area contributed by atoms with Crippen molar-refractivity contribution < 1.29 is 9.59 Å². The van der Waals surface area contributed by atoms with Crippen LogP contribution in [-0.2, 0) is 9.59 Å². The number of nitrogens with zero attached hydrogens (tertiary/aromatic N) is 1. The zero-order chi connectivity index (χ0) is 23.2. The average Bonchev–Trinajstić information content (AvgIpc) is 2.89. The maximum Gasteiger partial charge on any atom is 0.223 e. The Hall–Kier alpha value is -3.66. The Balaban J connectivity index is 2.00. The predicted octanol–water partition coefficient (Wildman–Crippen LogP) is 6.05. The van der Waals surface area contributed by atoms with Gasteiger partial charge in [-0.15, -0.1) is 0 Å². The number of rotatable bonds is 6. The van der Waals surface area contributed by atoms with Crippen molar-refractivity contribution >= 4 is 17.4 Å². The smallest absolute Gasteiger partial charge is 0.223 e. The second-order valence-corrected chi connectivity index (χ2v) is 8.26. The van der Waals surface area contributed by atoms with Crippen LogP contribution < -0.4 is 5.32 Å². The molecule has 3 aromatic carbocycles. The van der Waals surface area contributed by atoms with Gasteiger partial charge in [-0.3, -0.25) is 9.59 Å². The van der Waals surface area contributed by atoms with Crippen molar-refractivity contribution in [2.24, 2.45) is 0 Å². The second-order valence-electron chi connectivity index (χ2n) is 8.26. The van der Waals surface area contributed by atoms with Gasteiger partial charge >= 0.3 is 0 Å². The fraction of sp³-hybridized carbons (Fsp3) is 0.241.